The lowest BCUT2D eigenvalue weighted by Crippen LogP contribution is -2.16. The number of carbonyl (C=O) groups is 1. The zero-order valence-corrected chi connectivity index (χ0v) is 11.4. The summed E-state index contributed by atoms with van der Waals surface area (Å²) in [6.45, 7) is 5.03. The number of aromatic carboxylic acids is 1. The number of anilines is 1. The van der Waals surface area contributed by atoms with Crippen molar-refractivity contribution < 1.29 is 9.90 Å². The molecule has 0 radical (unpaired) electrons. The van der Waals surface area contributed by atoms with E-state index >= 15 is 0 Å². The lowest BCUT2D eigenvalue weighted by Gasteiger charge is -2.11. The van der Waals surface area contributed by atoms with E-state index in [1.54, 1.807) is 10.9 Å². The topological polar surface area (TPSA) is 92.9 Å². The van der Waals surface area contributed by atoms with Gasteiger partial charge in [0.1, 0.15) is 5.82 Å². The fraction of sp³-hybridized carbons (Fsp3) is 0.385. The maximum Gasteiger partial charge on any atom is 0.356 e. The van der Waals surface area contributed by atoms with Crippen molar-refractivity contribution in [2.45, 2.75) is 26.3 Å². The Bertz CT molecular complexity index is 580. The van der Waals surface area contributed by atoms with Crippen molar-refractivity contribution in [1.29, 1.82) is 0 Å². The molecule has 7 nitrogen and oxygen atoms in total. The first kappa shape index (κ1) is 14.0. The van der Waals surface area contributed by atoms with Crippen LogP contribution in [0.3, 0.4) is 0 Å². The number of nitrogens with zero attached hydrogens (tertiary/aromatic N) is 4. The molecule has 2 rings (SSSR count). The summed E-state index contributed by atoms with van der Waals surface area (Å²) in [7, 11) is 0. The van der Waals surface area contributed by atoms with E-state index in [0.717, 1.165) is 0 Å². The molecule has 7 heteroatoms. The van der Waals surface area contributed by atoms with Crippen LogP contribution in [-0.4, -0.2) is 37.4 Å². The molecule has 20 heavy (non-hydrogen) atoms. The first-order chi connectivity index (χ1) is 9.58. The van der Waals surface area contributed by atoms with Crippen LogP contribution in [0.15, 0.2) is 24.7 Å². The van der Waals surface area contributed by atoms with E-state index in [9.17, 15) is 9.90 Å². The van der Waals surface area contributed by atoms with Gasteiger partial charge in [-0.05, 0) is 6.07 Å². The van der Waals surface area contributed by atoms with Gasteiger partial charge < -0.3 is 10.4 Å². The molecule has 0 bridgehead atoms. The molecule has 0 aliphatic heterocycles. The van der Waals surface area contributed by atoms with E-state index in [1.165, 1.54) is 6.20 Å². The van der Waals surface area contributed by atoms with Crippen molar-refractivity contribution in [1.82, 2.24) is 19.7 Å². The van der Waals surface area contributed by atoms with Gasteiger partial charge in [-0.3, -0.25) is 4.68 Å². The maximum atomic E-state index is 11.2. The molecule has 0 saturated carbocycles. The Labute approximate surface area is 116 Å². The Morgan fingerprint density at radius 2 is 2.30 bits per heavy atom. The fourth-order valence-corrected chi connectivity index (χ4v) is 1.70. The predicted octanol–water partition coefficient (Wildman–Crippen LogP) is 1.61. The highest BCUT2D eigenvalue weighted by molar-refractivity contribution is 5.91. The number of hydrogen-bond acceptors (Lipinski definition) is 5. The number of hydrogen-bond donors (Lipinski definition) is 2. The second-order valence-electron chi connectivity index (χ2n) is 4.65. The van der Waals surface area contributed by atoms with Crippen molar-refractivity contribution in [3.8, 4) is 0 Å². The van der Waals surface area contributed by atoms with Crippen LogP contribution in [-0.2, 0) is 6.54 Å². The largest absolute Gasteiger partial charge is 0.476 e. The second-order valence-corrected chi connectivity index (χ2v) is 4.65. The van der Waals surface area contributed by atoms with Crippen molar-refractivity contribution in [3.05, 3.63) is 36.2 Å². The lowest BCUT2D eigenvalue weighted by atomic mass is 10.2. The smallest absolute Gasteiger partial charge is 0.356 e. The molecule has 0 aliphatic carbocycles. The monoisotopic (exact) mass is 275 g/mol. The summed E-state index contributed by atoms with van der Waals surface area (Å²) in [5.74, 6) is -0.442. The van der Waals surface area contributed by atoms with Gasteiger partial charge in [-0.2, -0.15) is 5.10 Å². The van der Waals surface area contributed by atoms with Gasteiger partial charge in [0.2, 0.25) is 0 Å². The third-order valence-electron chi connectivity index (χ3n) is 2.74. The van der Waals surface area contributed by atoms with Gasteiger partial charge in [0.05, 0.1) is 18.4 Å². The Kier molecular flexibility index (Phi) is 4.29. The van der Waals surface area contributed by atoms with Gasteiger partial charge in [0, 0.05) is 24.9 Å². The molecule has 0 aliphatic rings. The normalized spacial score (nSPS) is 10.8. The summed E-state index contributed by atoms with van der Waals surface area (Å²) in [5.41, 5.74) is 0.429. The van der Waals surface area contributed by atoms with Gasteiger partial charge in [-0.1, -0.05) is 13.8 Å². The molecule has 2 aromatic heterocycles. The van der Waals surface area contributed by atoms with E-state index < -0.39 is 5.97 Å². The molecule has 0 spiro atoms. The Morgan fingerprint density at radius 1 is 1.50 bits per heavy atom. The Morgan fingerprint density at radius 3 is 2.90 bits per heavy atom. The molecule has 2 aromatic rings. The van der Waals surface area contributed by atoms with Crippen molar-refractivity contribution in [3.63, 3.8) is 0 Å². The molecule has 0 fully saturated rings. The van der Waals surface area contributed by atoms with Crippen LogP contribution in [0.2, 0.25) is 0 Å². The highest BCUT2D eigenvalue weighted by Gasteiger charge is 2.15. The minimum Gasteiger partial charge on any atom is -0.476 e. The molecule has 2 N–H and O–H groups in total. The van der Waals surface area contributed by atoms with Crippen molar-refractivity contribution >= 4 is 11.7 Å². The Balaban J connectivity index is 2.08. The van der Waals surface area contributed by atoms with E-state index in [0.29, 0.717) is 24.6 Å². The van der Waals surface area contributed by atoms with Crippen LogP contribution in [0.4, 0.5) is 5.69 Å². The van der Waals surface area contributed by atoms with Gasteiger partial charge in [0.15, 0.2) is 5.69 Å². The zero-order chi connectivity index (χ0) is 14.5. The van der Waals surface area contributed by atoms with Crippen LogP contribution < -0.4 is 5.32 Å². The second kappa shape index (κ2) is 6.14. The summed E-state index contributed by atoms with van der Waals surface area (Å²) in [6, 6.07) is 1.84. The molecule has 0 unspecified atom stereocenters. The summed E-state index contributed by atoms with van der Waals surface area (Å²) >= 11 is 0. The van der Waals surface area contributed by atoms with Crippen LogP contribution in [0.5, 0.6) is 0 Å². The predicted molar refractivity (Wildman–Crippen MR) is 73.8 cm³/mol. The van der Waals surface area contributed by atoms with E-state index in [4.69, 9.17) is 0 Å². The summed E-state index contributed by atoms with van der Waals surface area (Å²) < 4.78 is 1.76. The van der Waals surface area contributed by atoms with Crippen LogP contribution in [0.25, 0.3) is 0 Å². The van der Waals surface area contributed by atoms with E-state index in [1.807, 2.05) is 26.1 Å². The quantitative estimate of drug-likeness (QED) is 0.832. The third kappa shape index (κ3) is 3.31. The summed E-state index contributed by atoms with van der Waals surface area (Å²) in [4.78, 5) is 19.5. The number of aromatic nitrogens is 4. The van der Waals surface area contributed by atoms with Gasteiger partial charge in [-0.25, -0.2) is 14.8 Å². The first-order valence-corrected chi connectivity index (χ1v) is 6.39. The van der Waals surface area contributed by atoms with Gasteiger partial charge >= 0.3 is 5.97 Å². The molecule has 0 atom stereocenters. The average Bonchev–Trinajstić information content (AvgIpc) is 2.91. The minimum absolute atomic E-state index is 0.00386. The molecule has 0 amide bonds. The van der Waals surface area contributed by atoms with Crippen molar-refractivity contribution in [2.24, 2.45) is 0 Å². The van der Waals surface area contributed by atoms with E-state index in [2.05, 4.69) is 20.4 Å². The molecule has 0 aromatic carbocycles. The highest BCUT2D eigenvalue weighted by atomic mass is 16.4. The maximum absolute atomic E-state index is 11.2. The van der Waals surface area contributed by atoms with Crippen LogP contribution in [0, 0.1) is 0 Å². The summed E-state index contributed by atoms with van der Waals surface area (Å²) in [5, 5.41) is 16.3. The standard InChI is InChI=1S/C13H17N5O2/c1-9(2)12-15-8-10(11(17-12)13(19)20)14-5-7-18-6-3-4-16-18/h3-4,6,8-9,14H,5,7H2,1-2H3,(H,19,20). The molecule has 2 heterocycles. The molecule has 0 saturated heterocycles. The molecular formula is C13H17N5O2. The molecular weight excluding hydrogens is 258 g/mol. The van der Waals surface area contributed by atoms with Crippen LogP contribution in [0.1, 0.15) is 36.1 Å². The van der Waals surface area contributed by atoms with Gasteiger partial charge in [0.25, 0.3) is 0 Å². The lowest BCUT2D eigenvalue weighted by molar-refractivity contribution is 0.0691. The fourth-order valence-electron chi connectivity index (χ4n) is 1.70. The number of carboxylic acids is 1. The summed E-state index contributed by atoms with van der Waals surface area (Å²) in [6.07, 6.45) is 5.07. The Hall–Kier alpha value is -2.44. The minimum atomic E-state index is -1.06. The third-order valence-corrected chi connectivity index (χ3v) is 2.74. The zero-order valence-electron chi connectivity index (χ0n) is 11.4. The number of carboxylic acid groups (broad SMARTS) is 1. The van der Waals surface area contributed by atoms with Crippen LogP contribution >= 0.6 is 0 Å². The first-order valence-electron chi connectivity index (χ1n) is 6.39. The SMILES string of the molecule is CC(C)c1ncc(NCCn2cccn2)c(C(=O)O)n1. The van der Waals surface area contributed by atoms with Crippen molar-refractivity contribution in [2.75, 3.05) is 11.9 Å². The number of rotatable bonds is 6. The highest BCUT2D eigenvalue weighted by Crippen LogP contribution is 2.16. The number of nitrogens with one attached hydrogen (secondary N) is 1. The average molecular weight is 275 g/mol. The van der Waals surface area contributed by atoms with E-state index in [-0.39, 0.29) is 11.6 Å². The van der Waals surface area contributed by atoms with Gasteiger partial charge in [-0.15, -0.1) is 0 Å². The molecule has 106 valence electrons.